The van der Waals surface area contributed by atoms with Crippen LogP contribution in [0, 0.1) is 13.8 Å². The molecule has 1 aromatic carbocycles. The number of nitrogens with one attached hydrogen (secondary N) is 2. The lowest BCUT2D eigenvalue weighted by Gasteiger charge is -2.15. The topological polar surface area (TPSA) is 56.7 Å². The van der Waals surface area contributed by atoms with Gasteiger partial charge in [0.25, 0.3) is 0 Å². The molecule has 0 aromatic heterocycles. The zero-order chi connectivity index (χ0) is 18.1. The fraction of sp³-hybridized carbons (Fsp3) is 0.474. The van der Waals surface area contributed by atoms with Crippen LogP contribution in [-0.4, -0.2) is 50.5 Å². The summed E-state index contributed by atoms with van der Waals surface area (Å²) in [5.74, 6) is 0.612. The van der Waals surface area contributed by atoms with Crippen molar-refractivity contribution in [3.63, 3.8) is 0 Å². The van der Waals surface area contributed by atoms with E-state index in [1.807, 2.05) is 6.92 Å². The fourth-order valence-electron chi connectivity index (χ4n) is 2.25. The minimum atomic E-state index is -0.0267. The molecule has 0 heterocycles. The standard InChI is InChI=1S/C19H30N4O.HI/c1-14(2)12-21-19(22-13-18(24)23(5)6)20-11-10-17-15(3)8-7-9-16(17)4;/h7-9H,1,10-13H2,2-6H3,(H2,20,21,22);1H. The predicted molar refractivity (Wildman–Crippen MR) is 117 cm³/mol. The number of nitrogens with zero attached hydrogens (tertiary/aromatic N) is 2. The van der Waals surface area contributed by atoms with E-state index >= 15 is 0 Å². The first-order chi connectivity index (χ1) is 11.3. The van der Waals surface area contributed by atoms with Gasteiger partial charge in [0.15, 0.2) is 5.96 Å². The molecule has 0 aliphatic rings. The van der Waals surface area contributed by atoms with Crippen molar-refractivity contribution in [2.75, 3.05) is 33.7 Å². The molecule has 0 spiro atoms. The number of carbonyl (C=O) groups is 1. The van der Waals surface area contributed by atoms with Crippen LogP contribution in [-0.2, 0) is 11.2 Å². The number of carbonyl (C=O) groups excluding carboxylic acids is 1. The number of likely N-dealkylation sites (N-methyl/N-ethyl adjacent to an activating group) is 1. The molecule has 0 saturated carbocycles. The average Bonchev–Trinajstić information content (AvgIpc) is 2.51. The van der Waals surface area contributed by atoms with Crippen LogP contribution in [0.2, 0.25) is 0 Å². The minimum Gasteiger partial charge on any atom is -0.356 e. The van der Waals surface area contributed by atoms with E-state index in [4.69, 9.17) is 0 Å². The molecule has 0 atom stereocenters. The zero-order valence-electron chi connectivity index (χ0n) is 16.0. The maximum atomic E-state index is 11.7. The van der Waals surface area contributed by atoms with E-state index in [1.54, 1.807) is 14.1 Å². The lowest BCUT2D eigenvalue weighted by atomic mass is 10.0. The Labute approximate surface area is 169 Å². The maximum absolute atomic E-state index is 11.7. The van der Waals surface area contributed by atoms with E-state index in [0.29, 0.717) is 12.5 Å². The minimum absolute atomic E-state index is 0. The molecule has 0 unspecified atom stereocenters. The summed E-state index contributed by atoms with van der Waals surface area (Å²) < 4.78 is 0. The Bertz CT molecular complexity index is 591. The monoisotopic (exact) mass is 458 g/mol. The zero-order valence-corrected chi connectivity index (χ0v) is 18.3. The molecule has 0 aliphatic heterocycles. The number of benzene rings is 1. The summed E-state index contributed by atoms with van der Waals surface area (Å²) in [4.78, 5) is 17.6. The summed E-state index contributed by atoms with van der Waals surface area (Å²) in [6.45, 7) is 11.6. The Balaban J connectivity index is 0.00000576. The molecule has 5 nitrogen and oxygen atoms in total. The predicted octanol–water partition coefficient (Wildman–Crippen LogP) is 2.66. The van der Waals surface area contributed by atoms with E-state index in [-0.39, 0.29) is 36.4 Å². The van der Waals surface area contributed by atoms with Gasteiger partial charge in [-0.1, -0.05) is 30.4 Å². The third-order valence-electron chi connectivity index (χ3n) is 3.74. The van der Waals surface area contributed by atoms with Crippen LogP contribution < -0.4 is 10.6 Å². The first-order valence-electron chi connectivity index (χ1n) is 8.23. The van der Waals surface area contributed by atoms with Crippen molar-refractivity contribution in [2.24, 2.45) is 4.99 Å². The SMILES string of the molecule is C=C(C)CNC(=NCC(=O)N(C)C)NCCc1c(C)cccc1C.I. The third kappa shape index (κ3) is 8.90. The average molecular weight is 458 g/mol. The highest BCUT2D eigenvalue weighted by molar-refractivity contribution is 14.0. The number of halogens is 1. The van der Waals surface area contributed by atoms with Crippen molar-refractivity contribution < 1.29 is 4.79 Å². The number of aliphatic imine (C=N–C) groups is 1. The molecule has 1 amide bonds. The van der Waals surface area contributed by atoms with E-state index in [2.05, 4.69) is 54.3 Å². The Kier molecular flexibility index (Phi) is 11.1. The van der Waals surface area contributed by atoms with Crippen molar-refractivity contribution >= 4 is 35.8 Å². The largest absolute Gasteiger partial charge is 0.356 e. The molecule has 0 saturated heterocycles. The first kappa shape index (κ1) is 23.4. The van der Waals surface area contributed by atoms with Crippen molar-refractivity contribution in [3.8, 4) is 0 Å². The Morgan fingerprint density at radius 1 is 1.20 bits per heavy atom. The first-order valence-corrected chi connectivity index (χ1v) is 8.23. The smallest absolute Gasteiger partial charge is 0.243 e. The van der Waals surface area contributed by atoms with Crippen LogP contribution in [0.5, 0.6) is 0 Å². The van der Waals surface area contributed by atoms with E-state index in [1.165, 1.54) is 21.6 Å². The lowest BCUT2D eigenvalue weighted by Crippen LogP contribution is -2.40. The van der Waals surface area contributed by atoms with Crippen molar-refractivity contribution in [2.45, 2.75) is 27.2 Å². The van der Waals surface area contributed by atoms with Crippen LogP contribution in [0.25, 0.3) is 0 Å². The fourth-order valence-corrected chi connectivity index (χ4v) is 2.25. The quantitative estimate of drug-likeness (QED) is 0.286. The molecule has 1 aromatic rings. The molecular formula is C19H31IN4O. The Morgan fingerprint density at radius 3 is 2.32 bits per heavy atom. The van der Waals surface area contributed by atoms with Gasteiger partial charge in [0.1, 0.15) is 6.54 Å². The van der Waals surface area contributed by atoms with Gasteiger partial charge < -0.3 is 15.5 Å². The molecule has 6 heteroatoms. The Morgan fingerprint density at radius 2 is 1.80 bits per heavy atom. The van der Waals surface area contributed by atoms with E-state index < -0.39 is 0 Å². The number of hydrogen-bond donors (Lipinski definition) is 2. The number of aryl methyl sites for hydroxylation is 2. The number of hydrogen-bond acceptors (Lipinski definition) is 2. The van der Waals surface area contributed by atoms with Gasteiger partial charge in [-0.3, -0.25) is 4.79 Å². The number of rotatable bonds is 7. The van der Waals surface area contributed by atoms with E-state index in [0.717, 1.165) is 18.5 Å². The number of amides is 1. The maximum Gasteiger partial charge on any atom is 0.243 e. The summed E-state index contributed by atoms with van der Waals surface area (Å²) >= 11 is 0. The van der Waals surface area contributed by atoms with Gasteiger partial charge >= 0.3 is 0 Å². The third-order valence-corrected chi connectivity index (χ3v) is 3.74. The molecule has 2 N–H and O–H groups in total. The second kappa shape index (κ2) is 11.9. The normalized spacial score (nSPS) is 10.7. The highest BCUT2D eigenvalue weighted by Crippen LogP contribution is 2.13. The van der Waals surface area contributed by atoms with Gasteiger partial charge in [-0.25, -0.2) is 4.99 Å². The van der Waals surface area contributed by atoms with Crippen LogP contribution in [0.3, 0.4) is 0 Å². The van der Waals surface area contributed by atoms with Gasteiger partial charge in [0.2, 0.25) is 5.91 Å². The van der Waals surface area contributed by atoms with Crippen LogP contribution in [0.15, 0.2) is 35.3 Å². The van der Waals surface area contributed by atoms with Gasteiger partial charge in [0.05, 0.1) is 0 Å². The van der Waals surface area contributed by atoms with Gasteiger partial charge in [-0.05, 0) is 43.9 Å². The van der Waals surface area contributed by atoms with Crippen molar-refractivity contribution in [1.29, 1.82) is 0 Å². The van der Waals surface area contributed by atoms with E-state index in [9.17, 15) is 4.79 Å². The summed E-state index contributed by atoms with van der Waals surface area (Å²) in [6.07, 6.45) is 0.911. The molecule has 0 bridgehead atoms. The summed E-state index contributed by atoms with van der Waals surface area (Å²) in [5, 5.41) is 6.50. The molecule has 140 valence electrons. The summed E-state index contributed by atoms with van der Waals surface area (Å²) in [5.41, 5.74) is 4.97. The van der Waals surface area contributed by atoms with Gasteiger partial charge in [0, 0.05) is 27.2 Å². The highest BCUT2D eigenvalue weighted by Gasteiger charge is 2.06. The molecule has 0 fully saturated rings. The molecule has 0 aliphatic carbocycles. The Hall–Kier alpha value is -1.57. The summed E-state index contributed by atoms with van der Waals surface area (Å²) in [6, 6.07) is 6.34. The second-order valence-corrected chi connectivity index (χ2v) is 6.31. The summed E-state index contributed by atoms with van der Waals surface area (Å²) in [7, 11) is 3.46. The molecule has 25 heavy (non-hydrogen) atoms. The van der Waals surface area contributed by atoms with Gasteiger partial charge in [-0.15, -0.1) is 24.0 Å². The van der Waals surface area contributed by atoms with Crippen LogP contribution >= 0.6 is 24.0 Å². The van der Waals surface area contributed by atoms with Gasteiger partial charge in [-0.2, -0.15) is 0 Å². The lowest BCUT2D eigenvalue weighted by molar-refractivity contribution is -0.127. The van der Waals surface area contributed by atoms with Crippen LogP contribution in [0.1, 0.15) is 23.6 Å². The highest BCUT2D eigenvalue weighted by atomic mass is 127. The second-order valence-electron chi connectivity index (χ2n) is 6.31. The van der Waals surface area contributed by atoms with Crippen molar-refractivity contribution in [3.05, 3.63) is 47.0 Å². The van der Waals surface area contributed by atoms with Crippen LogP contribution in [0.4, 0.5) is 0 Å². The van der Waals surface area contributed by atoms with Crippen molar-refractivity contribution in [1.82, 2.24) is 15.5 Å². The molecule has 1 rings (SSSR count). The molecular weight excluding hydrogens is 427 g/mol. The molecule has 0 radical (unpaired) electrons. The number of guanidine groups is 1.